The number of nitrogens with zero attached hydrogens (tertiary/aromatic N) is 1. The van der Waals surface area contributed by atoms with Crippen molar-refractivity contribution in [3.63, 3.8) is 0 Å². The van der Waals surface area contributed by atoms with E-state index in [1.54, 1.807) is 0 Å². The van der Waals surface area contributed by atoms with Gasteiger partial charge in [0.05, 0.1) is 6.10 Å². The fourth-order valence-corrected chi connectivity index (χ4v) is 3.67. The minimum atomic E-state index is -0.107. The second-order valence-corrected chi connectivity index (χ2v) is 6.15. The molecule has 2 nitrogen and oxygen atoms in total. The standard InChI is InChI=1S/C14H23NOS/c1-3-6-15-7-4-13(16)12(10-15)9-14-11(2)5-8-17-14/h5,8,12-13,16H,3-4,6-7,9-10H2,1-2H3. The molecule has 2 heterocycles. The van der Waals surface area contributed by atoms with E-state index >= 15 is 0 Å². The van der Waals surface area contributed by atoms with E-state index in [9.17, 15) is 5.11 Å². The lowest BCUT2D eigenvalue weighted by Crippen LogP contribution is -2.44. The molecule has 1 fully saturated rings. The van der Waals surface area contributed by atoms with Gasteiger partial charge < -0.3 is 10.0 Å². The summed E-state index contributed by atoms with van der Waals surface area (Å²) in [5.74, 6) is 0.424. The van der Waals surface area contributed by atoms with E-state index in [-0.39, 0.29) is 6.10 Å². The molecule has 2 rings (SSSR count). The van der Waals surface area contributed by atoms with Gasteiger partial charge in [-0.25, -0.2) is 0 Å². The Morgan fingerprint density at radius 3 is 3.00 bits per heavy atom. The van der Waals surface area contributed by atoms with E-state index in [1.165, 1.54) is 23.4 Å². The Hall–Kier alpha value is -0.380. The van der Waals surface area contributed by atoms with Gasteiger partial charge in [-0.1, -0.05) is 6.92 Å². The summed E-state index contributed by atoms with van der Waals surface area (Å²) >= 11 is 1.83. The lowest BCUT2D eigenvalue weighted by Gasteiger charge is -2.36. The summed E-state index contributed by atoms with van der Waals surface area (Å²) in [6.07, 6.45) is 3.09. The molecule has 0 aliphatic carbocycles. The predicted molar refractivity (Wildman–Crippen MR) is 73.6 cm³/mol. The summed E-state index contributed by atoms with van der Waals surface area (Å²) in [6, 6.07) is 2.18. The summed E-state index contributed by atoms with van der Waals surface area (Å²) in [5.41, 5.74) is 1.38. The lowest BCUT2D eigenvalue weighted by molar-refractivity contribution is 0.0273. The minimum absolute atomic E-state index is 0.107. The molecule has 17 heavy (non-hydrogen) atoms. The van der Waals surface area contributed by atoms with Crippen LogP contribution in [-0.2, 0) is 6.42 Å². The Morgan fingerprint density at radius 1 is 1.53 bits per heavy atom. The monoisotopic (exact) mass is 253 g/mol. The summed E-state index contributed by atoms with van der Waals surface area (Å²) in [5, 5.41) is 12.3. The number of thiophene rings is 1. The molecule has 1 aromatic heterocycles. The van der Waals surface area contributed by atoms with Gasteiger partial charge in [-0.2, -0.15) is 0 Å². The van der Waals surface area contributed by atoms with Crippen molar-refractivity contribution in [3.8, 4) is 0 Å². The average Bonchev–Trinajstić information content (AvgIpc) is 2.70. The van der Waals surface area contributed by atoms with Gasteiger partial charge in [0, 0.05) is 23.9 Å². The van der Waals surface area contributed by atoms with Gasteiger partial charge in [0.15, 0.2) is 0 Å². The van der Waals surface area contributed by atoms with Gasteiger partial charge >= 0.3 is 0 Å². The molecule has 0 amide bonds. The molecule has 0 aromatic carbocycles. The molecular formula is C14H23NOS. The molecule has 0 saturated carbocycles. The molecule has 1 aliphatic heterocycles. The van der Waals surface area contributed by atoms with Crippen molar-refractivity contribution in [3.05, 3.63) is 21.9 Å². The molecule has 96 valence electrons. The SMILES string of the molecule is CCCN1CCC(O)C(Cc2sccc2C)C1. The van der Waals surface area contributed by atoms with E-state index in [0.717, 1.165) is 25.9 Å². The molecule has 1 saturated heterocycles. The molecular weight excluding hydrogens is 230 g/mol. The van der Waals surface area contributed by atoms with E-state index in [0.29, 0.717) is 5.92 Å². The number of likely N-dealkylation sites (tertiary alicyclic amines) is 1. The van der Waals surface area contributed by atoms with Crippen LogP contribution in [0, 0.1) is 12.8 Å². The highest BCUT2D eigenvalue weighted by atomic mass is 32.1. The predicted octanol–water partition coefficient (Wildman–Crippen LogP) is 2.69. The van der Waals surface area contributed by atoms with Crippen LogP contribution in [0.1, 0.15) is 30.2 Å². The molecule has 2 atom stereocenters. The number of hydrogen-bond donors (Lipinski definition) is 1. The van der Waals surface area contributed by atoms with Crippen molar-refractivity contribution in [1.82, 2.24) is 4.90 Å². The first-order valence-electron chi connectivity index (χ1n) is 6.64. The lowest BCUT2D eigenvalue weighted by atomic mass is 9.90. The Labute approximate surface area is 108 Å². The van der Waals surface area contributed by atoms with E-state index < -0.39 is 0 Å². The van der Waals surface area contributed by atoms with Gasteiger partial charge in [-0.3, -0.25) is 0 Å². The largest absolute Gasteiger partial charge is 0.393 e. The highest BCUT2D eigenvalue weighted by molar-refractivity contribution is 7.10. The van der Waals surface area contributed by atoms with Crippen LogP contribution in [-0.4, -0.2) is 35.7 Å². The summed E-state index contributed by atoms with van der Waals surface area (Å²) in [4.78, 5) is 3.95. The Bertz CT molecular complexity index is 350. The Morgan fingerprint density at radius 2 is 2.35 bits per heavy atom. The van der Waals surface area contributed by atoms with Gasteiger partial charge in [-0.05, 0) is 49.7 Å². The molecule has 1 aliphatic rings. The maximum atomic E-state index is 10.1. The van der Waals surface area contributed by atoms with Crippen LogP contribution < -0.4 is 0 Å². The van der Waals surface area contributed by atoms with Crippen molar-refractivity contribution < 1.29 is 5.11 Å². The van der Waals surface area contributed by atoms with Gasteiger partial charge in [-0.15, -0.1) is 11.3 Å². The number of aliphatic hydroxyl groups is 1. The third-order valence-electron chi connectivity index (χ3n) is 3.73. The number of aliphatic hydroxyl groups excluding tert-OH is 1. The quantitative estimate of drug-likeness (QED) is 0.892. The van der Waals surface area contributed by atoms with Crippen LogP contribution in [0.3, 0.4) is 0 Å². The minimum Gasteiger partial charge on any atom is -0.393 e. The van der Waals surface area contributed by atoms with Crippen LogP contribution in [0.15, 0.2) is 11.4 Å². The second kappa shape index (κ2) is 5.98. The molecule has 2 unspecified atom stereocenters. The topological polar surface area (TPSA) is 23.5 Å². The zero-order chi connectivity index (χ0) is 12.3. The van der Waals surface area contributed by atoms with Crippen LogP contribution in [0.5, 0.6) is 0 Å². The van der Waals surface area contributed by atoms with Gasteiger partial charge in [0.2, 0.25) is 0 Å². The average molecular weight is 253 g/mol. The fourth-order valence-electron chi connectivity index (χ4n) is 2.67. The summed E-state index contributed by atoms with van der Waals surface area (Å²) in [7, 11) is 0. The zero-order valence-corrected chi connectivity index (χ0v) is 11.7. The Kier molecular flexibility index (Phi) is 4.60. The second-order valence-electron chi connectivity index (χ2n) is 5.15. The van der Waals surface area contributed by atoms with Crippen molar-refractivity contribution in [2.45, 2.75) is 39.2 Å². The summed E-state index contributed by atoms with van der Waals surface area (Å²) in [6.45, 7) is 7.70. The Balaban J connectivity index is 1.96. The molecule has 1 N–H and O–H groups in total. The van der Waals surface area contributed by atoms with Crippen LogP contribution in [0.4, 0.5) is 0 Å². The number of rotatable bonds is 4. The normalized spacial score (nSPS) is 26.3. The maximum Gasteiger partial charge on any atom is 0.0596 e. The highest BCUT2D eigenvalue weighted by Crippen LogP contribution is 2.25. The van der Waals surface area contributed by atoms with Crippen LogP contribution in [0.2, 0.25) is 0 Å². The smallest absolute Gasteiger partial charge is 0.0596 e. The van der Waals surface area contributed by atoms with E-state index in [1.807, 2.05) is 11.3 Å². The van der Waals surface area contributed by atoms with Crippen molar-refractivity contribution in [1.29, 1.82) is 0 Å². The number of hydrogen-bond acceptors (Lipinski definition) is 3. The van der Waals surface area contributed by atoms with Crippen LogP contribution in [0.25, 0.3) is 0 Å². The van der Waals surface area contributed by atoms with Crippen molar-refractivity contribution in [2.75, 3.05) is 19.6 Å². The van der Waals surface area contributed by atoms with Crippen LogP contribution >= 0.6 is 11.3 Å². The summed E-state index contributed by atoms with van der Waals surface area (Å²) < 4.78 is 0. The number of piperidine rings is 1. The molecule has 1 aromatic rings. The molecule has 0 radical (unpaired) electrons. The van der Waals surface area contributed by atoms with Gasteiger partial charge in [0.1, 0.15) is 0 Å². The van der Waals surface area contributed by atoms with Crippen molar-refractivity contribution >= 4 is 11.3 Å². The first-order valence-corrected chi connectivity index (χ1v) is 7.52. The third kappa shape index (κ3) is 3.30. The first-order chi connectivity index (χ1) is 8.20. The molecule has 0 spiro atoms. The maximum absolute atomic E-state index is 10.1. The van der Waals surface area contributed by atoms with Gasteiger partial charge in [0.25, 0.3) is 0 Å². The first kappa shape index (κ1) is 13.1. The van der Waals surface area contributed by atoms with E-state index in [2.05, 4.69) is 30.2 Å². The van der Waals surface area contributed by atoms with Crippen molar-refractivity contribution in [2.24, 2.45) is 5.92 Å². The fraction of sp³-hybridized carbons (Fsp3) is 0.714. The highest BCUT2D eigenvalue weighted by Gasteiger charge is 2.27. The van der Waals surface area contributed by atoms with E-state index in [4.69, 9.17) is 0 Å². The third-order valence-corrected chi connectivity index (χ3v) is 4.78. The molecule has 3 heteroatoms. The zero-order valence-electron chi connectivity index (χ0n) is 10.9. The number of aryl methyl sites for hydroxylation is 1. The molecule has 0 bridgehead atoms.